The lowest BCUT2D eigenvalue weighted by molar-refractivity contribution is 0.0696. The maximum absolute atomic E-state index is 4.51. The van der Waals surface area contributed by atoms with Crippen LogP contribution in [0.2, 0.25) is 0 Å². The molecule has 0 saturated heterocycles. The number of unbranched alkanes of at least 4 members (excludes halogenated alkanes) is 1. The van der Waals surface area contributed by atoms with Gasteiger partial charge in [0.25, 0.3) is 0 Å². The van der Waals surface area contributed by atoms with Crippen molar-refractivity contribution in [2.45, 2.75) is 85.0 Å². The first-order valence-electron chi connectivity index (χ1n) is 8.44. The molecule has 1 aromatic rings. The van der Waals surface area contributed by atoms with Gasteiger partial charge in [-0.1, -0.05) is 47.5 Å². The summed E-state index contributed by atoms with van der Waals surface area (Å²) in [6.07, 6.45) is 10.4. The average molecular weight is 276 g/mol. The third-order valence-electron chi connectivity index (χ3n) is 5.65. The van der Waals surface area contributed by atoms with Gasteiger partial charge in [-0.05, 0) is 49.7 Å². The van der Waals surface area contributed by atoms with Gasteiger partial charge in [0, 0.05) is 11.6 Å². The van der Waals surface area contributed by atoms with E-state index in [-0.39, 0.29) is 5.41 Å². The Morgan fingerprint density at radius 1 is 0.950 bits per heavy atom. The Labute approximate surface area is 125 Å². The highest BCUT2D eigenvalue weighted by molar-refractivity contribution is 5.20. The van der Waals surface area contributed by atoms with E-state index in [1.165, 1.54) is 37.8 Å². The standard InChI is InChI=1S/C18H32N2/c1-6-11-14-17(7-2,8-3)18(9-4,10-5)16-13-12-15-19-20-16/h12-13,15H,6-11,14H2,1-5H3. The fourth-order valence-corrected chi connectivity index (χ4v) is 4.23. The molecule has 114 valence electrons. The minimum absolute atomic E-state index is 0.167. The van der Waals surface area contributed by atoms with Crippen molar-refractivity contribution in [3.63, 3.8) is 0 Å². The molecule has 2 heteroatoms. The topological polar surface area (TPSA) is 25.8 Å². The monoisotopic (exact) mass is 276 g/mol. The van der Waals surface area contributed by atoms with Gasteiger partial charge in [0.15, 0.2) is 0 Å². The van der Waals surface area contributed by atoms with E-state index in [9.17, 15) is 0 Å². The molecule has 0 aliphatic heterocycles. The van der Waals surface area contributed by atoms with Gasteiger partial charge in [-0.2, -0.15) is 10.2 Å². The fourth-order valence-electron chi connectivity index (χ4n) is 4.23. The van der Waals surface area contributed by atoms with Gasteiger partial charge in [0.2, 0.25) is 0 Å². The first-order chi connectivity index (χ1) is 9.66. The van der Waals surface area contributed by atoms with Gasteiger partial charge in [-0.3, -0.25) is 0 Å². The van der Waals surface area contributed by atoms with Crippen molar-refractivity contribution >= 4 is 0 Å². The smallest absolute Gasteiger partial charge is 0.0698 e. The molecule has 20 heavy (non-hydrogen) atoms. The predicted molar refractivity (Wildman–Crippen MR) is 86.8 cm³/mol. The quantitative estimate of drug-likeness (QED) is 0.592. The van der Waals surface area contributed by atoms with Crippen LogP contribution in [0.5, 0.6) is 0 Å². The largest absolute Gasteiger partial charge is 0.159 e. The van der Waals surface area contributed by atoms with E-state index in [4.69, 9.17) is 0 Å². The van der Waals surface area contributed by atoms with Crippen molar-refractivity contribution < 1.29 is 0 Å². The van der Waals surface area contributed by atoms with E-state index < -0.39 is 0 Å². The van der Waals surface area contributed by atoms with E-state index >= 15 is 0 Å². The summed E-state index contributed by atoms with van der Waals surface area (Å²) in [7, 11) is 0. The van der Waals surface area contributed by atoms with Crippen molar-refractivity contribution in [1.82, 2.24) is 10.2 Å². The molecule has 0 amide bonds. The summed E-state index contributed by atoms with van der Waals surface area (Å²) in [5.41, 5.74) is 1.72. The van der Waals surface area contributed by atoms with Crippen LogP contribution in [0.25, 0.3) is 0 Å². The summed E-state index contributed by atoms with van der Waals surface area (Å²) in [6, 6.07) is 4.23. The lowest BCUT2D eigenvalue weighted by Gasteiger charge is -2.50. The van der Waals surface area contributed by atoms with Crippen LogP contribution >= 0.6 is 0 Å². The van der Waals surface area contributed by atoms with Crippen molar-refractivity contribution in [2.24, 2.45) is 5.41 Å². The molecule has 0 unspecified atom stereocenters. The van der Waals surface area contributed by atoms with Crippen molar-refractivity contribution in [2.75, 3.05) is 0 Å². The van der Waals surface area contributed by atoms with Gasteiger partial charge in [-0.15, -0.1) is 0 Å². The summed E-state index contributed by atoms with van der Waals surface area (Å²) in [5, 5.41) is 8.67. The Bertz CT molecular complexity index is 364. The molecule has 0 aromatic carbocycles. The van der Waals surface area contributed by atoms with Crippen molar-refractivity contribution in [1.29, 1.82) is 0 Å². The van der Waals surface area contributed by atoms with Crippen molar-refractivity contribution in [3.05, 3.63) is 24.0 Å². The minimum atomic E-state index is 0.167. The van der Waals surface area contributed by atoms with E-state index in [1.807, 2.05) is 6.07 Å². The molecule has 0 radical (unpaired) electrons. The highest BCUT2D eigenvalue weighted by Crippen LogP contribution is 2.53. The van der Waals surface area contributed by atoms with Gasteiger partial charge in [0.1, 0.15) is 0 Å². The summed E-state index contributed by atoms with van der Waals surface area (Å²) in [4.78, 5) is 0. The molecule has 0 aliphatic rings. The zero-order chi connectivity index (χ0) is 15.1. The highest BCUT2D eigenvalue weighted by atomic mass is 15.1. The number of hydrogen-bond donors (Lipinski definition) is 0. The lowest BCUT2D eigenvalue weighted by atomic mass is 9.54. The summed E-state index contributed by atoms with van der Waals surface area (Å²) < 4.78 is 0. The summed E-state index contributed by atoms with van der Waals surface area (Å²) in [6.45, 7) is 11.7. The van der Waals surface area contributed by atoms with Crippen LogP contribution in [0.15, 0.2) is 18.3 Å². The molecule has 0 saturated carbocycles. The van der Waals surface area contributed by atoms with Gasteiger partial charge in [-0.25, -0.2) is 0 Å². The summed E-state index contributed by atoms with van der Waals surface area (Å²) in [5.74, 6) is 0. The molecule has 1 rings (SSSR count). The molecular formula is C18H32N2. The Balaban J connectivity index is 3.33. The Kier molecular flexibility index (Phi) is 6.64. The van der Waals surface area contributed by atoms with Crippen LogP contribution in [0.1, 0.15) is 85.3 Å². The number of rotatable bonds is 9. The zero-order valence-electron chi connectivity index (χ0n) is 14.1. The first-order valence-corrected chi connectivity index (χ1v) is 8.44. The Hall–Kier alpha value is -0.920. The highest BCUT2D eigenvalue weighted by Gasteiger charge is 2.48. The molecule has 2 nitrogen and oxygen atoms in total. The third kappa shape index (κ3) is 2.89. The van der Waals surface area contributed by atoms with Crippen molar-refractivity contribution in [3.8, 4) is 0 Å². The van der Waals surface area contributed by atoms with Crippen LogP contribution in [0.3, 0.4) is 0 Å². The average Bonchev–Trinajstić information content (AvgIpc) is 2.53. The van der Waals surface area contributed by atoms with Gasteiger partial charge < -0.3 is 0 Å². The molecule has 1 heterocycles. The van der Waals surface area contributed by atoms with Crippen LogP contribution in [-0.4, -0.2) is 10.2 Å². The van der Waals surface area contributed by atoms with Crippen LogP contribution in [0, 0.1) is 5.41 Å². The maximum Gasteiger partial charge on any atom is 0.0698 e. The predicted octanol–water partition coefficient (Wildman–Crippen LogP) is 5.53. The first kappa shape index (κ1) is 17.1. The van der Waals surface area contributed by atoms with Gasteiger partial charge in [0.05, 0.1) is 5.69 Å². The molecule has 0 bridgehead atoms. The van der Waals surface area contributed by atoms with E-state index in [1.54, 1.807) is 6.20 Å². The van der Waals surface area contributed by atoms with Crippen LogP contribution in [-0.2, 0) is 5.41 Å². The van der Waals surface area contributed by atoms with E-state index in [0.717, 1.165) is 12.8 Å². The second-order valence-electron chi connectivity index (χ2n) is 5.99. The SMILES string of the molecule is CCCCC(CC)(CC)C(CC)(CC)c1cccnn1. The normalized spacial score (nSPS) is 12.7. The molecule has 0 atom stereocenters. The second-order valence-corrected chi connectivity index (χ2v) is 5.99. The summed E-state index contributed by atoms with van der Waals surface area (Å²) >= 11 is 0. The Morgan fingerprint density at radius 3 is 2.00 bits per heavy atom. The molecule has 1 aromatic heterocycles. The third-order valence-corrected chi connectivity index (χ3v) is 5.65. The maximum atomic E-state index is 4.51. The number of nitrogens with zero attached hydrogens (tertiary/aromatic N) is 2. The molecule has 0 aliphatic carbocycles. The molecule has 0 fully saturated rings. The molecule has 0 spiro atoms. The number of aromatic nitrogens is 2. The van der Waals surface area contributed by atoms with E-state index in [0.29, 0.717) is 5.41 Å². The molecular weight excluding hydrogens is 244 g/mol. The fraction of sp³-hybridized carbons (Fsp3) is 0.778. The van der Waals surface area contributed by atoms with E-state index in [2.05, 4.69) is 50.9 Å². The zero-order valence-corrected chi connectivity index (χ0v) is 14.1. The van der Waals surface area contributed by atoms with Crippen LogP contribution in [0.4, 0.5) is 0 Å². The lowest BCUT2D eigenvalue weighted by Crippen LogP contribution is -2.45. The van der Waals surface area contributed by atoms with Gasteiger partial charge >= 0.3 is 0 Å². The number of hydrogen-bond acceptors (Lipinski definition) is 2. The Morgan fingerprint density at radius 2 is 1.60 bits per heavy atom. The minimum Gasteiger partial charge on any atom is -0.159 e. The second kappa shape index (κ2) is 7.75. The molecule has 0 N–H and O–H groups in total. The van der Waals surface area contributed by atoms with Crippen LogP contribution < -0.4 is 0 Å².